The van der Waals surface area contributed by atoms with Crippen LogP contribution in [0, 0.1) is 5.92 Å². The average Bonchev–Trinajstić information content (AvgIpc) is 2.83. The molecule has 1 saturated heterocycles. The summed E-state index contributed by atoms with van der Waals surface area (Å²) in [6, 6.07) is 4.47. The molecule has 3 N–H and O–H groups in total. The summed E-state index contributed by atoms with van der Waals surface area (Å²) < 4.78 is 32.2. The van der Waals surface area contributed by atoms with Crippen LogP contribution in [0.1, 0.15) is 6.42 Å². The van der Waals surface area contributed by atoms with Crippen molar-refractivity contribution in [1.82, 2.24) is 9.62 Å². The van der Waals surface area contributed by atoms with Crippen LogP contribution in [0.2, 0.25) is 0 Å². The predicted octanol–water partition coefficient (Wildman–Crippen LogP) is 0.507. The summed E-state index contributed by atoms with van der Waals surface area (Å²) in [5.74, 6) is 0.735. The molecular formula is C13H21N3O3S. The molecule has 20 heavy (non-hydrogen) atoms. The Bertz CT molecular complexity index is 574. The standard InChI is InChI=1S/C13H21N3O3S/c1-16-6-5-10(9-16)8-15-20(17,18)11-3-4-12(14)13(7-11)19-2/h3-4,7,10,15H,5-6,8-9,14H2,1-2H3. The molecule has 1 fully saturated rings. The van der Waals surface area contributed by atoms with Crippen molar-refractivity contribution in [2.75, 3.05) is 39.5 Å². The van der Waals surface area contributed by atoms with Crippen LogP contribution in [-0.4, -0.2) is 47.1 Å². The van der Waals surface area contributed by atoms with Gasteiger partial charge in [-0.25, -0.2) is 13.1 Å². The minimum absolute atomic E-state index is 0.176. The van der Waals surface area contributed by atoms with Crippen LogP contribution >= 0.6 is 0 Å². The highest BCUT2D eigenvalue weighted by Gasteiger charge is 2.22. The van der Waals surface area contributed by atoms with Crippen molar-refractivity contribution in [2.24, 2.45) is 5.92 Å². The number of nitrogens with two attached hydrogens (primary N) is 1. The quantitative estimate of drug-likeness (QED) is 0.774. The van der Waals surface area contributed by atoms with E-state index < -0.39 is 10.0 Å². The molecule has 1 aliphatic heterocycles. The van der Waals surface area contributed by atoms with Crippen LogP contribution in [0.25, 0.3) is 0 Å². The third kappa shape index (κ3) is 3.41. The minimum Gasteiger partial charge on any atom is -0.495 e. The van der Waals surface area contributed by atoms with Gasteiger partial charge < -0.3 is 15.4 Å². The van der Waals surface area contributed by atoms with Crippen molar-refractivity contribution in [1.29, 1.82) is 0 Å². The Labute approximate surface area is 120 Å². The molecule has 0 spiro atoms. The summed E-state index contributed by atoms with van der Waals surface area (Å²) in [5.41, 5.74) is 6.11. The Morgan fingerprint density at radius 1 is 1.50 bits per heavy atom. The number of sulfonamides is 1. The van der Waals surface area contributed by atoms with Crippen LogP contribution in [0.5, 0.6) is 5.75 Å². The first kappa shape index (κ1) is 15.1. The number of ether oxygens (including phenoxy) is 1. The van der Waals surface area contributed by atoms with Gasteiger partial charge in [0.15, 0.2) is 0 Å². The molecule has 0 radical (unpaired) electrons. The molecule has 6 nitrogen and oxygen atoms in total. The third-order valence-corrected chi connectivity index (χ3v) is 4.99. The van der Waals surface area contributed by atoms with Crippen molar-refractivity contribution in [3.63, 3.8) is 0 Å². The normalized spacial score (nSPS) is 20.2. The van der Waals surface area contributed by atoms with Gasteiger partial charge in [0, 0.05) is 19.2 Å². The highest BCUT2D eigenvalue weighted by Crippen LogP contribution is 2.24. The van der Waals surface area contributed by atoms with Gasteiger partial charge in [-0.1, -0.05) is 0 Å². The van der Waals surface area contributed by atoms with Gasteiger partial charge in [0.2, 0.25) is 10.0 Å². The van der Waals surface area contributed by atoms with E-state index in [2.05, 4.69) is 9.62 Å². The zero-order valence-corrected chi connectivity index (χ0v) is 12.6. The second kappa shape index (κ2) is 5.99. The molecule has 0 amide bonds. The van der Waals surface area contributed by atoms with E-state index in [4.69, 9.17) is 10.5 Å². The molecular weight excluding hydrogens is 278 g/mol. The number of benzene rings is 1. The summed E-state index contributed by atoms with van der Waals surface area (Å²) in [4.78, 5) is 2.38. The SMILES string of the molecule is COc1cc(S(=O)(=O)NCC2CCN(C)C2)ccc1N. The second-order valence-electron chi connectivity index (χ2n) is 5.17. The maximum absolute atomic E-state index is 12.2. The number of hydrogen-bond acceptors (Lipinski definition) is 5. The molecule has 1 aromatic carbocycles. The summed E-state index contributed by atoms with van der Waals surface area (Å²) in [6.45, 7) is 2.40. The van der Waals surface area contributed by atoms with Crippen molar-refractivity contribution in [2.45, 2.75) is 11.3 Å². The Hall–Kier alpha value is -1.31. The zero-order chi connectivity index (χ0) is 14.8. The van der Waals surface area contributed by atoms with Gasteiger partial charge in [-0.05, 0) is 38.1 Å². The number of methoxy groups -OCH3 is 1. The fraction of sp³-hybridized carbons (Fsp3) is 0.538. The Morgan fingerprint density at radius 2 is 2.25 bits per heavy atom. The lowest BCUT2D eigenvalue weighted by atomic mass is 10.1. The first-order valence-corrected chi connectivity index (χ1v) is 8.02. The lowest BCUT2D eigenvalue weighted by molar-refractivity contribution is 0.394. The van der Waals surface area contributed by atoms with E-state index in [1.807, 2.05) is 7.05 Å². The Balaban J connectivity index is 2.06. The minimum atomic E-state index is -3.52. The highest BCUT2D eigenvalue weighted by molar-refractivity contribution is 7.89. The summed E-state index contributed by atoms with van der Waals surface area (Å²) in [6.07, 6.45) is 1.02. The van der Waals surface area contributed by atoms with Crippen LogP contribution in [-0.2, 0) is 10.0 Å². The molecule has 0 saturated carbocycles. The number of nitrogen functional groups attached to an aromatic ring is 1. The van der Waals surface area contributed by atoms with Crippen LogP contribution in [0.15, 0.2) is 23.1 Å². The molecule has 1 heterocycles. The predicted molar refractivity (Wildman–Crippen MR) is 78.2 cm³/mol. The van der Waals surface area contributed by atoms with E-state index in [9.17, 15) is 8.42 Å². The number of anilines is 1. The third-order valence-electron chi connectivity index (χ3n) is 3.57. The molecule has 1 atom stereocenters. The fourth-order valence-electron chi connectivity index (χ4n) is 2.36. The Kier molecular flexibility index (Phi) is 4.52. The summed E-state index contributed by atoms with van der Waals surface area (Å²) in [7, 11) is -0.0155. The largest absolute Gasteiger partial charge is 0.495 e. The smallest absolute Gasteiger partial charge is 0.240 e. The highest BCUT2D eigenvalue weighted by atomic mass is 32.2. The molecule has 1 aromatic rings. The van der Waals surface area contributed by atoms with Crippen LogP contribution in [0.4, 0.5) is 5.69 Å². The van der Waals surface area contributed by atoms with E-state index in [-0.39, 0.29) is 4.90 Å². The van der Waals surface area contributed by atoms with Gasteiger partial charge in [0.05, 0.1) is 17.7 Å². The van der Waals surface area contributed by atoms with E-state index in [0.29, 0.717) is 23.9 Å². The molecule has 0 aliphatic carbocycles. The van der Waals surface area contributed by atoms with Gasteiger partial charge >= 0.3 is 0 Å². The number of likely N-dealkylation sites (tertiary alicyclic amines) is 1. The first-order chi connectivity index (χ1) is 9.42. The maximum atomic E-state index is 12.2. The second-order valence-corrected chi connectivity index (χ2v) is 6.94. The van der Waals surface area contributed by atoms with Crippen molar-refractivity contribution < 1.29 is 13.2 Å². The number of hydrogen-bond donors (Lipinski definition) is 2. The molecule has 1 unspecified atom stereocenters. The van der Waals surface area contributed by atoms with Crippen LogP contribution in [0.3, 0.4) is 0 Å². The maximum Gasteiger partial charge on any atom is 0.240 e. The lowest BCUT2D eigenvalue weighted by Crippen LogP contribution is -2.30. The zero-order valence-electron chi connectivity index (χ0n) is 11.8. The van der Waals surface area contributed by atoms with Gasteiger partial charge in [-0.3, -0.25) is 0 Å². The Morgan fingerprint density at radius 3 is 2.85 bits per heavy atom. The van der Waals surface area contributed by atoms with E-state index in [1.165, 1.54) is 25.3 Å². The van der Waals surface area contributed by atoms with E-state index in [1.54, 1.807) is 0 Å². The summed E-state index contributed by atoms with van der Waals surface area (Å²) in [5, 5.41) is 0. The first-order valence-electron chi connectivity index (χ1n) is 6.54. The molecule has 0 bridgehead atoms. The van der Waals surface area contributed by atoms with Crippen LogP contribution < -0.4 is 15.2 Å². The van der Waals surface area contributed by atoms with Gasteiger partial charge in [0.1, 0.15) is 5.75 Å². The fourth-order valence-corrected chi connectivity index (χ4v) is 3.49. The van der Waals surface area contributed by atoms with Crippen molar-refractivity contribution in [3.05, 3.63) is 18.2 Å². The van der Waals surface area contributed by atoms with Gasteiger partial charge in [-0.2, -0.15) is 0 Å². The average molecular weight is 299 g/mol. The van der Waals surface area contributed by atoms with Gasteiger partial charge in [-0.15, -0.1) is 0 Å². The van der Waals surface area contributed by atoms with Crippen molar-refractivity contribution in [3.8, 4) is 5.75 Å². The van der Waals surface area contributed by atoms with Gasteiger partial charge in [0.25, 0.3) is 0 Å². The molecule has 2 rings (SSSR count). The number of rotatable bonds is 5. The summed E-state index contributed by atoms with van der Waals surface area (Å²) >= 11 is 0. The monoisotopic (exact) mass is 299 g/mol. The van der Waals surface area contributed by atoms with E-state index in [0.717, 1.165) is 19.5 Å². The molecule has 1 aliphatic rings. The van der Waals surface area contributed by atoms with Crippen molar-refractivity contribution >= 4 is 15.7 Å². The molecule has 112 valence electrons. The lowest BCUT2D eigenvalue weighted by Gasteiger charge is -2.13. The molecule has 0 aromatic heterocycles. The van der Waals surface area contributed by atoms with E-state index >= 15 is 0 Å². The molecule has 7 heteroatoms. The topological polar surface area (TPSA) is 84.7 Å². The number of nitrogens with one attached hydrogen (secondary N) is 1. The number of nitrogens with zero attached hydrogens (tertiary/aromatic N) is 1.